The Kier molecular flexibility index (Phi) is 5.58. The molecule has 0 saturated heterocycles. The second-order valence-corrected chi connectivity index (χ2v) is 16.1. The van der Waals surface area contributed by atoms with E-state index in [1.54, 1.807) is 47.9 Å². The van der Waals surface area contributed by atoms with Crippen LogP contribution in [-0.2, 0) is 18.1 Å². The number of benzene rings is 3. The molecule has 3 aromatic carbocycles. The molecule has 1 N–H and O–H groups in total. The minimum absolute atomic E-state index is 0.120. The molecule has 0 spiro atoms. The van der Waals surface area contributed by atoms with E-state index in [2.05, 4.69) is 10.3 Å². The van der Waals surface area contributed by atoms with Gasteiger partial charge in [0, 0.05) is 47.8 Å². The molecule has 1 amide bonds. The van der Waals surface area contributed by atoms with E-state index < -0.39 is 29.8 Å². The molecule has 7 nitrogen and oxygen atoms in total. The van der Waals surface area contributed by atoms with Gasteiger partial charge in [-0.1, -0.05) is 6.07 Å². The van der Waals surface area contributed by atoms with Crippen LogP contribution in [0.3, 0.4) is 0 Å². The van der Waals surface area contributed by atoms with Crippen LogP contribution in [0.25, 0.3) is 43.2 Å². The second-order valence-electron chi connectivity index (χ2n) is 9.88. The SMILES string of the molecule is CNC(=O)c1c(-c2ccc(F)cc2)oc2cc3c(cc12)C1=C(C)C=C(c2nc4c(F)cccc4o2)S1=S(C)(=O)N3C. The molecule has 2 aliphatic heterocycles. The van der Waals surface area contributed by atoms with Gasteiger partial charge in [0.1, 0.15) is 22.7 Å². The second kappa shape index (κ2) is 8.89. The number of nitrogens with zero attached hydrogens (tertiary/aromatic N) is 2. The third-order valence-electron chi connectivity index (χ3n) is 7.43. The van der Waals surface area contributed by atoms with E-state index in [0.717, 1.165) is 16.0 Å². The lowest BCUT2D eigenvalue weighted by molar-refractivity contribution is 0.0964. The van der Waals surface area contributed by atoms with Crippen molar-refractivity contribution >= 4 is 61.6 Å². The smallest absolute Gasteiger partial charge is 0.255 e. The number of para-hydroxylation sites is 1. The Hall–Kier alpha value is -4.22. The molecule has 2 aliphatic rings. The number of fused-ring (bicyclic) bond motifs is 5. The zero-order chi connectivity index (χ0) is 28.8. The zero-order valence-corrected chi connectivity index (χ0v) is 24.0. The van der Waals surface area contributed by atoms with Gasteiger partial charge in [0.2, 0.25) is 5.89 Å². The summed E-state index contributed by atoms with van der Waals surface area (Å²) in [6, 6.07) is 13.9. The first kappa shape index (κ1) is 25.7. The lowest BCUT2D eigenvalue weighted by Crippen LogP contribution is -2.33. The van der Waals surface area contributed by atoms with Gasteiger partial charge in [-0.25, -0.2) is 18.0 Å². The predicted octanol–water partition coefficient (Wildman–Crippen LogP) is 6.48. The maximum absolute atomic E-state index is 14.5. The van der Waals surface area contributed by atoms with Gasteiger partial charge in [0.25, 0.3) is 5.91 Å². The quantitative estimate of drug-likeness (QED) is 0.260. The third-order valence-corrected chi connectivity index (χ3v) is 14.4. The molecule has 208 valence electrons. The van der Waals surface area contributed by atoms with E-state index in [4.69, 9.17) is 8.83 Å². The van der Waals surface area contributed by atoms with Crippen molar-refractivity contribution in [2.45, 2.75) is 6.92 Å². The zero-order valence-electron chi connectivity index (χ0n) is 22.4. The van der Waals surface area contributed by atoms with Crippen LogP contribution in [0.15, 0.2) is 75.1 Å². The number of hydrogen-bond donors (Lipinski definition) is 1. The molecule has 5 aromatic rings. The highest BCUT2D eigenvalue weighted by atomic mass is 32.9. The Morgan fingerprint density at radius 1 is 1.07 bits per heavy atom. The summed E-state index contributed by atoms with van der Waals surface area (Å²) in [6.45, 7) is 1.93. The molecule has 0 aliphatic carbocycles. The topological polar surface area (TPSA) is 88.6 Å². The van der Waals surface area contributed by atoms with Crippen molar-refractivity contribution in [3.8, 4) is 11.3 Å². The maximum atomic E-state index is 14.5. The van der Waals surface area contributed by atoms with Crippen molar-refractivity contribution in [1.82, 2.24) is 10.3 Å². The van der Waals surface area contributed by atoms with Crippen molar-refractivity contribution in [3.05, 3.63) is 94.9 Å². The fourth-order valence-electron chi connectivity index (χ4n) is 5.39. The predicted molar refractivity (Wildman–Crippen MR) is 159 cm³/mol. The number of carbonyl (C=O) groups excluding carboxylic acids is 1. The van der Waals surface area contributed by atoms with E-state index in [0.29, 0.717) is 44.0 Å². The molecule has 0 radical (unpaired) electrons. The molecular weight excluding hydrogens is 568 g/mol. The number of allylic oxidation sites excluding steroid dienone is 2. The number of furan rings is 1. The number of nitrogens with one attached hydrogen (secondary N) is 1. The summed E-state index contributed by atoms with van der Waals surface area (Å²) in [5.41, 5.74) is 4.09. The fourth-order valence-corrected chi connectivity index (χ4v) is 12.1. The molecule has 4 heterocycles. The fraction of sp³-hybridized carbons (Fsp3) is 0.133. The van der Waals surface area contributed by atoms with Gasteiger partial charge < -0.3 is 14.2 Å². The largest absolute Gasteiger partial charge is 0.455 e. The number of halogens is 2. The van der Waals surface area contributed by atoms with E-state index in [9.17, 15) is 17.8 Å². The Morgan fingerprint density at radius 3 is 2.54 bits per heavy atom. The highest BCUT2D eigenvalue weighted by Crippen LogP contribution is 2.50. The van der Waals surface area contributed by atoms with Crippen LogP contribution in [0.5, 0.6) is 0 Å². The minimum Gasteiger partial charge on any atom is -0.455 e. The Bertz CT molecular complexity index is 2170. The summed E-state index contributed by atoms with van der Waals surface area (Å²) in [7, 11) is -0.444. The van der Waals surface area contributed by atoms with E-state index >= 15 is 0 Å². The highest BCUT2D eigenvalue weighted by Gasteiger charge is 2.38. The summed E-state index contributed by atoms with van der Waals surface area (Å²) in [6.07, 6.45) is 3.59. The summed E-state index contributed by atoms with van der Waals surface area (Å²) >= 11 is 0. The van der Waals surface area contributed by atoms with Gasteiger partial charge in [0.05, 0.1) is 24.8 Å². The number of oxazole rings is 1. The lowest BCUT2D eigenvalue weighted by Gasteiger charge is -2.33. The molecule has 11 heteroatoms. The number of anilines is 1. The van der Waals surface area contributed by atoms with Gasteiger partial charge in [-0.2, -0.15) is 0 Å². The molecule has 2 atom stereocenters. The van der Waals surface area contributed by atoms with E-state index in [1.165, 1.54) is 25.2 Å². The van der Waals surface area contributed by atoms with Crippen LogP contribution in [0.4, 0.5) is 14.5 Å². The maximum Gasteiger partial charge on any atom is 0.255 e. The first-order chi connectivity index (χ1) is 19.6. The number of amides is 1. The Morgan fingerprint density at radius 2 is 1.83 bits per heavy atom. The standard InChI is InChI=1S/C30H23F2N3O4S2/c1-15-12-24(30-34-26-20(32)6-5-7-22(26)39-30)40-28(15)18-13-19-23(14-21(18)35(3)41(40,4)37)38-27(25(19)29(36)33-2)16-8-10-17(31)11-9-16/h5-14H,1-4H3,(H,33,36). The van der Waals surface area contributed by atoms with Crippen LogP contribution >= 0.6 is 0 Å². The summed E-state index contributed by atoms with van der Waals surface area (Å²) < 4.78 is 56.6. The van der Waals surface area contributed by atoms with Crippen LogP contribution < -0.4 is 9.62 Å². The average molecular weight is 592 g/mol. The molecule has 0 bridgehead atoms. The summed E-state index contributed by atoms with van der Waals surface area (Å²) in [5.74, 6) is -0.710. The molecule has 0 saturated carbocycles. The average Bonchev–Trinajstić information content (AvgIpc) is 3.65. The van der Waals surface area contributed by atoms with E-state index in [1.807, 2.05) is 19.1 Å². The van der Waals surface area contributed by atoms with Crippen molar-refractivity contribution in [3.63, 3.8) is 0 Å². The number of carbonyl (C=O) groups is 1. The van der Waals surface area contributed by atoms with Crippen molar-refractivity contribution in [1.29, 1.82) is 0 Å². The van der Waals surface area contributed by atoms with Crippen molar-refractivity contribution < 1.29 is 26.6 Å². The van der Waals surface area contributed by atoms with Crippen LogP contribution in [-0.4, -0.2) is 35.5 Å². The Balaban J connectivity index is 1.46. The lowest BCUT2D eigenvalue weighted by atomic mass is 10.0. The molecular formula is C30H23F2N3O4S2. The molecule has 2 aromatic heterocycles. The van der Waals surface area contributed by atoms with Crippen LogP contribution in [0, 0.1) is 11.6 Å². The molecule has 41 heavy (non-hydrogen) atoms. The molecule has 7 rings (SSSR count). The van der Waals surface area contributed by atoms with Gasteiger partial charge in [0.15, 0.2) is 11.4 Å². The number of rotatable bonds is 3. The summed E-state index contributed by atoms with van der Waals surface area (Å²) in [5, 5.41) is 3.25. The van der Waals surface area contributed by atoms with Crippen LogP contribution in [0.2, 0.25) is 0 Å². The third kappa shape index (κ3) is 3.65. The summed E-state index contributed by atoms with van der Waals surface area (Å²) in [4.78, 5) is 19.1. The van der Waals surface area contributed by atoms with Crippen molar-refractivity contribution in [2.75, 3.05) is 24.7 Å². The number of aromatic nitrogens is 1. The Labute approximate surface area is 235 Å². The number of hydrogen-bond acceptors (Lipinski definition) is 5. The van der Waals surface area contributed by atoms with Gasteiger partial charge in [-0.15, -0.1) is 0 Å². The molecule has 0 fully saturated rings. The first-order valence-corrected chi connectivity index (χ1v) is 16.3. The molecule has 2 unspecified atom stereocenters. The normalized spacial score (nSPS) is 20.0. The van der Waals surface area contributed by atoms with Crippen molar-refractivity contribution in [2.24, 2.45) is 0 Å². The minimum atomic E-state index is -2.75. The van der Waals surface area contributed by atoms with Gasteiger partial charge >= 0.3 is 0 Å². The van der Waals surface area contributed by atoms with Crippen LogP contribution in [0.1, 0.15) is 28.7 Å². The highest BCUT2D eigenvalue weighted by molar-refractivity contribution is 8.55. The van der Waals surface area contributed by atoms with Gasteiger partial charge in [-0.05, 0) is 70.5 Å². The monoisotopic (exact) mass is 591 g/mol. The first-order valence-electron chi connectivity index (χ1n) is 12.6. The van der Waals surface area contributed by atoms with Gasteiger partial charge in [-0.3, -0.25) is 9.10 Å². The van der Waals surface area contributed by atoms with E-state index in [-0.39, 0.29) is 17.3 Å².